The van der Waals surface area contributed by atoms with E-state index in [1.54, 1.807) is 34.4 Å². The van der Waals surface area contributed by atoms with E-state index in [1.807, 2.05) is 85.5 Å². The number of allylic oxidation sites excluding steroid dienone is 3. The maximum absolute atomic E-state index is 13.7. The molecule has 0 saturated carbocycles. The Balaban J connectivity index is 0.000000162. The van der Waals surface area contributed by atoms with E-state index in [4.69, 9.17) is 0 Å². The number of hydrogen-bond acceptors (Lipinski definition) is 6. The van der Waals surface area contributed by atoms with Crippen molar-refractivity contribution in [2.24, 2.45) is 0 Å². The summed E-state index contributed by atoms with van der Waals surface area (Å²) in [6, 6.07) is 34.7. The van der Waals surface area contributed by atoms with Gasteiger partial charge in [-0.05, 0) is 49.7 Å². The molecule has 0 fully saturated rings. The number of rotatable bonds is 3. The van der Waals surface area contributed by atoms with Crippen molar-refractivity contribution in [2.75, 3.05) is 13.1 Å². The summed E-state index contributed by atoms with van der Waals surface area (Å²) in [5.74, 6) is 1.70. The van der Waals surface area contributed by atoms with E-state index in [0.29, 0.717) is 22.3 Å². The first-order valence-electron chi connectivity index (χ1n) is 18.4. The molecule has 0 radical (unpaired) electrons. The van der Waals surface area contributed by atoms with Gasteiger partial charge in [0.05, 0.1) is 11.1 Å². The van der Waals surface area contributed by atoms with Gasteiger partial charge < -0.3 is 10.8 Å². The van der Waals surface area contributed by atoms with Crippen molar-refractivity contribution in [1.29, 1.82) is 0 Å². The van der Waals surface area contributed by atoms with Crippen LogP contribution in [-0.4, -0.2) is 40.7 Å². The minimum atomic E-state index is -0.0231. The van der Waals surface area contributed by atoms with Crippen molar-refractivity contribution >= 4 is 92.3 Å². The molecule has 270 valence electrons. The van der Waals surface area contributed by atoms with Crippen LogP contribution in [0.2, 0.25) is 0 Å². The van der Waals surface area contributed by atoms with Gasteiger partial charge in [0.15, 0.2) is 11.6 Å². The largest absolute Gasteiger partial charge is 1.00 e. The average molecular weight is 770 g/mol. The van der Waals surface area contributed by atoms with Crippen molar-refractivity contribution in [3.05, 3.63) is 155 Å². The molecule has 8 heteroatoms. The number of ketones is 2. The molecule has 3 aliphatic rings. The Morgan fingerprint density at radius 3 is 1.95 bits per heavy atom. The fourth-order valence-electron chi connectivity index (χ4n) is 7.65. The summed E-state index contributed by atoms with van der Waals surface area (Å²) in [7, 11) is 0. The minimum Gasteiger partial charge on any atom is -0.339 e. The second-order valence-electron chi connectivity index (χ2n) is 14.2. The summed E-state index contributed by atoms with van der Waals surface area (Å²) in [6.07, 6.45) is 4.01. The molecule has 0 spiro atoms. The number of Topliss-reactive ketones (excluding diaryl/α,β-unsaturated/α-hetero) is 2. The normalized spacial score (nSPS) is 16.5. The molecule has 2 atom stereocenters. The van der Waals surface area contributed by atoms with Crippen LogP contribution in [0.15, 0.2) is 131 Å². The molecule has 1 aliphatic heterocycles. The zero-order chi connectivity index (χ0) is 37.7. The SMILES string of the molecule is CCN(CC)C(=O)c1cccc2c1sc1ccccc12.C[C-](C)C.O=C1C2=C(C=CC3c4ccccc4SC23)C(=O)c2c1ccc1c2sc2ccccc21.[Li+]. The predicted octanol–water partition coefficient (Wildman–Crippen LogP) is 9.72. The topological polar surface area (TPSA) is 54.5 Å². The number of thioether (sulfide) groups is 1. The van der Waals surface area contributed by atoms with Crippen LogP contribution in [0.3, 0.4) is 0 Å². The minimum absolute atomic E-state index is 0. The summed E-state index contributed by atoms with van der Waals surface area (Å²) in [5, 5.41) is 4.59. The number of benzene rings is 5. The fraction of sp³-hybridized carbons (Fsp3) is 0.191. The molecule has 1 amide bonds. The summed E-state index contributed by atoms with van der Waals surface area (Å²) < 4.78 is 4.41. The van der Waals surface area contributed by atoms with E-state index in [1.165, 1.54) is 31.8 Å². The van der Waals surface area contributed by atoms with Crippen LogP contribution in [0.4, 0.5) is 0 Å². The number of fused-ring (bicyclic) bond motifs is 12. The smallest absolute Gasteiger partial charge is 0.339 e. The Bertz CT molecular complexity index is 2690. The van der Waals surface area contributed by atoms with E-state index in [-0.39, 0.29) is 47.5 Å². The zero-order valence-electron chi connectivity index (χ0n) is 31.9. The number of carbonyl (C=O) groups excluding carboxylic acids is 3. The van der Waals surface area contributed by atoms with Gasteiger partial charge in [-0.3, -0.25) is 14.4 Å². The Hall–Kier alpha value is -4.22. The standard InChI is InChI=1S/C26H14O2S2.C17H17NOS.C4H9.Li/c27-23-18-12-10-16-14-6-2-4-8-20(14)30-26(16)22(18)24(28)17-11-9-15-13-5-1-3-7-19(13)29-25(15)21(17)23;1-3-18(4-2)17(19)14-10-7-9-13-12-8-5-6-11-15(12)20-16(13)14;1-4(2)3;/h1-12,15,25H;5-11H,3-4H2,1-2H3;1-3H3;/q;;-1;+1. The van der Waals surface area contributed by atoms with Gasteiger partial charge in [0, 0.05) is 86.2 Å². The van der Waals surface area contributed by atoms with Gasteiger partial charge in [-0.15, -0.1) is 34.4 Å². The van der Waals surface area contributed by atoms with Crippen molar-refractivity contribution in [2.45, 2.75) is 50.7 Å². The second kappa shape index (κ2) is 16.1. The van der Waals surface area contributed by atoms with Crippen molar-refractivity contribution in [3.8, 4) is 0 Å². The Morgan fingerprint density at radius 2 is 1.27 bits per heavy atom. The van der Waals surface area contributed by atoms with Crippen LogP contribution in [-0.2, 0) is 0 Å². The molecular weight excluding hydrogens is 730 g/mol. The number of hydrogen-bond donors (Lipinski definition) is 0. The summed E-state index contributed by atoms with van der Waals surface area (Å²) in [4.78, 5) is 43.1. The maximum Gasteiger partial charge on any atom is 1.00 e. The van der Waals surface area contributed by atoms with Crippen LogP contribution in [0.5, 0.6) is 0 Å². The van der Waals surface area contributed by atoms with Gasteiger partial charge >= 0.3 is 18.9 Å². The molecule has 2 aromatic heterocycles. The van der Waals surface area contributed by atoms with E-state index < -0.39 is 0 Å². The summed E-state index contributed by atoms with van der Waals surface area (Å²) >= 11 is 5.03. The first kappa shape index (κ1) is 39.0. The molecule has 10 rings (SSSR count). The van der Waals surface area contributed by atoms with Gasteiger partial charge in [0.2, 0.25) is 0 Å². The molecule has 0 bridgehead atoms. The van der Waals surface area contributed by atoms with Crippen LogP contribution >= 0.6 is 34.4 Å². The Morgan fingerprint density at radius 1 is 0.691 bits per heavy atom. The van der Waals surface area contributed by atoms with Crippen LogP contribution < -0.4 is 18.9 Å². The summed E-state index contributed by atoms with van der Waals surface area (Å²) in [6.45, 7) is 11.8. The molecule has 0 saturated heterocycles. The number of thiophene rings is 2. The first-order valence-corrected chi connectivity index (χ1v) is 20.9. The van der Waals surface area contributed by atoms with Crippen molar-refractivity contribution in [3.63, 3.8) is 0 Å². The van der Waals surface area contributed by atoms with Crippen molar-refractivity contribution < 1.29 is 33.2 Å². The van der Waals surface area contributed by atoms with E-state index in [0.717, 1.165) is 43.5 Å². The van der Waals surface area contributed by atoms with Gasteiger partial charge in [-0.1, -0.05) is 84.9 Å². The number of carbonyl (C=O) groups is 3. The Labute approximate surface area is 346 Å². The van der Waals surface area contributed by atoms with Gasteiger partial charge in [0.25, 0.3) is 5.91 Å². The molecule has 0 N–H and O–H groups in total. The van der Waals surface area contributed by atoms with Gasteiger partial charge in [-0.2, -0.15) is 20.8 Å². The molecule has 2 unspecified atom stereocenters. The fourth-order valence-corrected chi connectivity index (χ4v) is 11.6. The van der Waals surface area contributed by atoms with Gasteiger partial charge in [-0.25, -0.2) is 0 Å². The molecule has 2 aliphatic carbocycles. The first-order chi connectivity index (χ1) is 26.2. The van der Waals surface area contributed by atoms with E-state index in [2.05, 4.69) is 69.3 Å². The van der Waals surface area contributed by atoms with Crippen molar-refractivity contribution in [1.82, 2.24) is 4.90 Å². The third-order valence-corrected chi connectivity index (χ3v) is 13.9. The third kappa shape index (κ3) is 6.85. The molecule has 7 aromatic rings. The van der Waals surface area contributed by atoms with Crippen LogP contribution in [0.25, 0.3) is 40.3 Å². The molecule has 3 heterocycles. The zero-order valence-corrected chi connectivity index (χ0v) is 34.4. The van der Waals surface area contributed by atoms with Crippen LogP contribution in [0.1, 0.15) is 77.2 Å². The van der Waals surface area contributed by atoms with Crippen LogP contribution in [0, 0.1) is 5.92 Å². The molecule has 5 aromatic carbocycles. The maximum atomic E-state index is 13.7. The average Bonchev–Trinajstić information content (AvgIpc) is 3.88. The number of amides is 1. The predicted molar refractivity (Wildman–Crippen MR) is 230 cm³/mol. The second-order valence-corrected chi connectivity index (χ2v) is 17.5. The van der Waals surface area contributed by atoms with Gasteiger partial charge in [0.1, 0.15) is 0 Å². The summed E-state index contributed by atoms with van der Waals surface area (Å²) in [5.41, 5.74) is 4.49. The van der Waals surface area contributed by atoms with E-state index in [9.17, 15) is 14.4 Å². The van der Waals surface area contributed by atoms with E-state index >= 15 is 0 Å². The molecule has 55 heavy (non-hydrogen) atoms. The number of nitrogens with zero attached hydrogens (tertiary/aromatic N) is 1. The Kier molecular flexibility index (Phi) is 11.4. The molecular formula is C47H40LiNO3S3. The quantitative estimate of drug-likeness (QED) is 0.133. The third-order valence-electron chi connectivity index (χ3n) is 10.1. The monoisotopic (exact) mass is 769 g/mol. The molecule has 4 nitrogen and oxygen atoms in total.